The lowest BCUT2D eigenvalue weighted by Gasteiger charge is -2.58. The fourth-order valence-corrected chi connectivity index (χ4v) is 9.38. The average Bonchev–Trinajstić information content (AvgIpc) is 3.23. The molecular weight excluding hydrogens is 764 g/mol. The van der Waals surface area contributed by atoms with E-state index in [1.54, 1.807) is 0 Å². The zero-order valence-electron chi connectivity index (χ0n) is 30.5. The number of pyridine rings is 1. The highest BCUT2D eigenvalue weighted by Gasteiger charge is 2.55. The van der Waals surface area contributed by atoms with E-state index >= 15 is 0 Å². The van der Waals surface area contributed by atoms with Gasteiger partial charge in [-0.1, -0.05) is 145 Å². The smallest absolute Gasteiger partial charge is 0.227 e. The molecule has 3 fully saturated rings. The standard InChI is InChI=1S/C48H42ClN4O.BrH/c1-2-34-32-53(31-33-15-14-22-38(29-33)35-16-6-3-7-17-35)28-26-39(34)30-43(53)45(41-25-27-50-42-24-13-12-23-40(41)42)54-48-44(36-18-8-4-9-19-36)46(49)51-47(52-48)37-20-10-5-11-21-37;/h2-25,27,29,34,39,43,45H,1,26,28,30-32H2;1H/q+1;/p-1/t34-,39-,43+,45-,53?;/m0./s1. The molecule has 0 N–H and O–H groups in total. The summed E-state index contributed by atoms with van der Waals surface area (Å²) in [4.78, 5) is 14.8. The van der Waals surface area contributed by atoms with E-state index in [9.17, 15) is 0 Å². The van der Waals surface area contributed by atoms with Crippen LogP contribution >= 0.6 is 11.6 Å². The molecular formula is C48H42BrClN4O. The number of hydrogen-bond acceptors (Lipinski definition) is 4. The van der Waals surface area contributed by atoms with E-state index in [4.69, 9.17) is 31.3 Å². The molecule has 2 bridgehead atoms. The summed E-state index contributed by atoms with van der Waals surface area (Å²) in [5.74, 6) is 1.97. The quantitative estimate of drug-likeness (QED) is 0.0792. The minimum absolute atomic E-state index is 0. The van der Waals surface area contributed by atoms with Crippen LogP contribution in [0.2, 0.25) is 5.15 Å². The first-order valence-corrected chi connectivity index (χ1v) is 19.3. The number of ether oxygens (including phenoxy) is 1. The molecule has 7 aromatic rings. The fourth-order valence-electron chi connectivity index (χ4n) is 9.11. The summed E-state index contributed by atoms with van der Waals surface area (Å²) in [6.45, 7) is 7.29. The monoisotopic (exact) mass is 804 g/mol. The van der Waals surface area contributed by atoms with Crippen LogP contribution in [0.15, 0.2) is 164 Å². The van der Waals surface area contributed by atoms with Gasteiger partial charge in [-0.2, -0.15) is 4.98 Å². The molecule has 5 aromatic carbocycles. The third kappa shape index (κ3) is 7.22. The molecule has 1 unspecified atom stereocenters. The van der Waals surface area contributed by atoms with E-state index in [0.717, 1.165) is 64.6 Å². The van der Waals surface area contributed by atoms with Crippen molar-refractivity contribution in [2.75, 3.05) is 13.1 Å². The number of benzene rings is 5. The highest BCUT2D eigenvalue weighted by Crippen LogP contribution is 2.50. The molecule has 0 amide bonds. The molecule has 3 aliphatic heterocycles. The zero-order chi connectivity index (χ0) is 36.5. The van der Waals surface area contributed by atoms with Crippen LogP contribution in [0.5, 0.6) is 5.88 Å². The molecule has 3 aliphatic rings. The first-order valence-electron chi connectivity index (χ1n) is 18.9. The van der Waals surface area contributed by atoms with Gasteiger partial charge in [-0.05, 0) is 40.8 Å². The lowest BCUT2D eigenvalue weighted by molar-refractivity contribution is -0.984. The van der Waals surface area contributed by atoms with Crippen LogP contribution in [0.1, 0.15) is 30.1 Å². The average molecular weight is 806 g/mol. The lowest BCUT2D eigenvalue weighted by Crippen LogP contribution is -3.00. The van der Waals surface area contributed by atoms with Gasteiger partial charge in [-0.15, -0.1) is 6.58 Å². The summed E-state index contributed by atoms with van der Waals surface area (Å²) in [5.41, 5.74) is 8.33. The van der Waals surface area contributed by atoms with Gasteiger partial charge >= 0.3 is 0 Å². The van der Waals surface area contributed by atoms with Crippen molar-refractivity contribution in [1.29, 1.82) is 0 Å². The van der Waals surface area contributed by atoms with Crippen molar-refractivity contribution < 1.29 is 26.2 Å². The largest absolute Gasteiger partial charge is 1.00 e. The summed E-state index contributed by atoms with van der Waals surface area (Å²) in [5, 5.41) is 1.45. The van der Waals surface area contributed by atoms with Gasteiger partial charge in [0.1, 0.15) is 17.7 Å². The van der Waals surface area contributed by atoms with Gasteiger partial charge in [0.2, 0.25) is 5.88 Å². The predicted molar refractivity (Wildman–Crippen MR) is 219 cm³/mol. The number of aromatic nitrogens is 3. The van der Waals surface area contributed by atoms with E-state index < -0.39 is 0 Å². The Morgan fingerprint density at radius 2 is 1.44 bits per heavy atom. The number of para-hydroxylation sites is 1. The number of nitrogens with zero attached hydrogens (tertiary/aromatic N) is 4. The van der Waals surface area contributed by atoms with Crippen molar-refractivity contribution in [2.45, 2.75) is 31.5 Å². The normalized spacial score (nSPS) is 20.7. The topological polar surface area (TPSA) is 47.9 Å². The van der Waals surface area contributed by atoms with Crippen molar-refractivity contribution in [2.24, 2.45) is 11.8 Å². The van der Waals surface area contributed by atoms with Crippen molar-refractivity contribution in [1.82, 2.24) is 15.0 Å². The van der Waals surface area contributed by atoms with Crippen LogP contribution in [-0.4, -0.2) is 38.6 Å². The Labute approximate surface area is 338 Å². The zero-order valence-corrected chi connectivity index (χ0v) is 32.9. The molecule has 0 spiro atoms. The minimum Gasteiger partial charge on any atom is -1.00 e. The Morgan fingerprint density at radius 1 is 0.764 bits per heavy atom. The van der Waals surface area contributed by atoms with Crippen LogP contribution in [0.4, 0.5) is 0 Å². The van der Waals surface area contributed by atoms with Gasteiger partial charge in [0.05, 0.1) is 24.2 Å². The molecule has 5 heterocycles. The van der Waals surface area contributed by atoms with Gasteiger partial charge in [0, 0.05) is 47.0 Å². The first kappa shape index (κ1) is 36.8. The second-order valence-corrected chi connectivity index (χ2v) is 15.2. The first-order chi connectivity index (χ1) is 26.6. The third-order valence-corrected chi connectivity index (χ3v) is 12.0. The van der Waals surface area contributed by atoms with Crippen molar-refractivity contribution in [3.05, 3.63) is 181 Å². The van der Waals surface area contributed by atoms with Gasteiger partial charge < -0.3 is 26.2 Å². The number of quaternary nitrogens is 1. The summed E-state index contributed by atoms with van der Waals surface area (Å²) in [6, 6.07) is 50.5. The molecule has 0 radical (unpaired) electrons. The summed E-state index contributed by atoms with van der Waals surface area (Å²) in [7, 11) is 0. The summed E-state index contributed by atoms with van der Waals surface area (Å²) >= 11 is 7.17. The maximum atomic E-state index is 7.55. The Hall–Kier alpha value is -5.14. The Kier molecular flexibility index (Phi) is 10.7. The fraction of sp³-hybridized carbons (Fsp3) is 0.188. The van der Waals surface area contributed by atoms with Gasteiger partial charge in [-0.3, -0.25) is 4.98 Å². The van der Waals surface area contributed by atoms with Crippen molar-refractivity contribution in [3.63, 3.8) is 0 Å². The Bertz CT molecular complexity index is 2420. The number of halogens is 2. The lowest BCUT2D eigenvalue weighted by atomic mass is 9.71. The number of hydrogen-bond donors (Lipinski definition) is 0. The maximum absolute atomic E-state index is 7.55. The van der Waals surface area contributed by atoms with E-state index in [1.807, 2.05) is 72.9 Å². The number of rotatable bonds is 10. The number of fused-ring (bicyclic) bond motifs is 4. The molecule has 7 heteroatoms. The van der Waals surface area contributed by atoms with Crippen LogP contribution in [0.25, 0.3) is 44.5 Å². The molecule has 55 heavy (non-hydrogen) atoms. The summed E-state index contributed by atoms with van der Waals surface area (Å²) < 4.78 is 8.44. The van der Waals surface area contributed by atoms with Crippen LogP contribution in [0, 0.1) is 11.8 Å². The third-order valence-electron chi connectivity index (χ3n) is 11.7. The van der Waals surface area contributed by atoms with E-state index in [2.05, 4.69) is 91.5 Å². The second-order valence-electron chi connectivity index (χ2n) is 14.8. The maximum Gasteiger partial charge on any atom is 0.227 e. The number of piperidine rings is 3. The molecule has 2 aromatic heterocycles. The van der Waals surface area contributed by atoms with Gasteiger partial charge in [0.15, 0.2) is 11.9 Å². The molecule has 10 rings (SSSR count). The second kappa shape index (κ2) is 15.9. The van der Waals surface area contributed by atoms with Crippen LogP contribution < -0.4 is 21.7 Å². The van der Waals surface area contributed by atoms with E-state index in [-0.39, 0.29) is 29.1 Å². The van der Waals surface area contributed by atoms with E-state index in [0.29, 0.717) is 34.3 Å². The highest BCUT2D eigenvalue weighted by atomic mass is 79.9. The summed E-state index contributed by atoms with van der Waals surface area (Å²) in [6.07, 6.45) is 5.92. The molecule has 3 saturated heterocycles. The molecule has 0 saturated carbocycles. The molecule has 5 nitrogen and oxygen atoms in total. The van der Waals surface area contributed by atoms with Gasteiger partial charge in [0.25, 0.3) is 0 Å². The molecule has 0 aliphatic carbocycles. The predicted octanol–water partition coefficient (Wildman–Crippen LogP) is 8.41. The minimum atomic E-state index is -0.360. The van der Waals surface area contributed by atoms with Crippen molar-refractivity contribution >= 4 is 22.5 Å². The molecule has 274 valence electrons. The Balaban J connectivity index is 0.00000427. The van der Waals surface area contributed by atoms with Crippen LogP contribution in [0.3, 0.4) is 0 Å². The SMILES string of the molecule is C=C[C@H]1C[N+]2(Cc3cccc(-c4ccccc4)c3)CC[C@H]1C[C@@H]2[C@@H](Oc1nc(-c2ccccc2)nc(Cl)c1-c1ccccc1)c1ccnc2ccccc12.[Br-]. The van der Waals surface area contributed by atoms with Crippen LogP contribution in [-0.2, 0) is 6.54 Å². The van der Waals surface area contributed by atoms with Gasteiger partial charge in [-0.25, -0.2) is 4.98 Å². The molecule has 5 atom stereocenters. The highest BCUT2D eigenvalue weighted by molar-refractivity contribution is 6.32. The van der Waals surface area contributed by atoms with Crippen molar-refractivity contribution in [3.8, 4) is 39.5 Å². The Morgan fingerprint density at radius 3 is 2.18 bits per heavy atom. The van der Waals surface area contributed by atoms with E-state index in [1.165, 1.54) is 16.7 Å².